The Morgan fingerprint density at radius 1 is 1.23 bits per heavy atom. The number of rotatable bonds is 6. The van der Waals surface area contributed by atoms with Gasteiger partial charge in [-0.1, -0.05) is 41.7 Å². The molecule has 1 N–H and O–H groups in total. The van der Waals surface area contributed by atoms with Crippen molar-refractivity contribution in [3.05, 3.63) is 58.5 Å². The van der Waals surface area contributed by atoms with Crippen LogP contribution in [-0.2, 0) is 16.6 Å². The lowest BCUT2D eigenvalue weighted by Crippen LogP contribution is -2.14. The van der Waals surface area contributed by atoms with Crippen LogP contribution in [0, 0.1) is 0 Å². The average molecular weight is 334 g/mol. The fourth-order valence-corrected chi connectivity index (χ4v) is 3.76. The maximum absolute atomic E-state index is 12.0. The third kappa shape index (κ3) is 3.58. The molecule has 0 bridgehead atoms. The van der Waals surface area contributed by atoms with Gasteiger partial charge in [-0.2, -0.15) is 4.52 Å². The molecule has 0 aliphatic heterocycles. The Balaban J connectivity index is 1.55. The molecule has 6 nitrogen and oxygen atoms in total. The minimum absolute atomic E-state index is 0.207. The van der Waals surface area contributed by atoms with Gasteiger partial charge >= 0.3 is 0 Å². The Hall–Kier alpha value is -2.06. The van der Waals surface area contributed by atoms with Crippen LogP contribution in [-0.4, -0.2) is 31.1 Å². The van der Waals surface area contributed by atoms with Crippen LogP contribution in [0.25, 0.3) is 4.96 Å². The summed E-state index contributed by atoms with van der Waals surface area (Å²) in [6.45, 7) is 0.536. The molecule has 2 aromatic heterocycles. The molecule has 1 unspecified atom stereocenters. The SMILES string of the molecule is O=c1ccnc2sc(NCCS(=O)Cc3ccccc3)nn12. The van der Waals surface area contributed by atoms with Crippen LogP contribution >= 0.6 is 11.3 Å². The van der Waals surface area contributed by atoms with E-state index in [2.05, 4.69) is 15.4 Å². The molecular weight excluding hydrogens is 320 g/mol. The third-order valence-electron chi connectivity index (χ3n) is 2.95. The van der Waals surface area contributed by atoms with Crippen LogP contribution in [0.15, 0.2) is 47.4 Å². The Morgan fingerprint density at radius 3 is 2.82 bits per heavy atom. The van der Waals surface area contributed by atoms with Crippen LogP contribution in [0.5, 0.6) is 0 Å². The first-order valence-electron chi connectivity index (χ1n) is 6.70. The van der Waals surface area contributed by atoms with E-state index < -0.39 is 10.8 Å². The summed E-state index contributed by atoms with van der Waals surface area (Å²) in [5.41, 5.74) is 0.860. The predicted molar refractivity (Wildman–Crippen MR) is 88.8 cm³/mol. The summed E-state index contributed by atoms with van der Waals surface area (Å²) in [5.74, 6) is 1.07. The molecule has 0 saturated carbocycles. The summed E-state index contributed by atoms with van der Waals surface area (Å²) in [4.78, 5) is 16.2. The standard InChI is InChI=1S/C14H14N4O2S2/c19-12-6-7-16-14-18(12)17-13(21-14)15-8-9-22(20)10-11-4-2-1-3-5-11/h1-7H,8-10H2,(H,15,17). The van der Waals surface area contributed by atoms with Crippen molar-refractivity contribution in [1.82, 2.24) is 14.6 Å². The predicted octanol–water partition coefficient (Wildman–Crippen LogP) is 1.51. The third-order valence-corrected chi connectivity index (χ3v) is 5.14. The van der Waals surface area contributed by atoms with Crippen molar-refractivity contribution >= 4 is 32.2 Å². The van der Waals surface area contributed by atoms with Gasteiger partial charge in [-0.05, 0) is 5.56 Å². The van der Waals surface area contributed by atoms with Crippen LogP contribution in [0.2, 0.25) is 0 Å². The van der Waals surface area contributed by atoms with Gasteiger partial charge in [0.25, 0.3) is 5.56 Å². The Kier molecular flexibility index (Phi) is 4.59. The monoisotopic (exact) mass is 334 g/mol. The lowest BCUT2D eigenvalue weighted by Gasteiger charge is -2.03. The maximum atomic E-state index is 12.0. The highest BCUT2D eigenvalue weighted by molar-refractivity contribution is 7.84. The number of nitrogens with zero attached hydrogens (tertiary/aromatic N) is 3. The van der Waals surface area contributed by atoms with E-state index in [0.29, 0.717) is 28.1 Å². The summed E-state index contributed by atoms with van der Waals surface area (Å²) in [7, 11) is -0.937. The lowest BCUT2D eigenvalue weighted by atomic mass is 10.2. The summed E-state index contributed by atoms with van der Waals surface area (Å²) in [5, 5.41) is 7.84. The molecule has 3 rings (SSSR count). The molecule has 3 aromatic rings. The van der Waals surface area contributed by atoms with Crippen LogP contribution in [0.4, 0.5) is 5.13 Å². The van der Waals surface area contributed by atoms with Gasteiger partial charge in [-0.3, -0.25) is 9.00 Å². The van der Waals surface area contributed by atoms with E-state index in [1.165, 1.54) is 28.1 Å². The first-order chi connectivity index (χ1) is 10.7. The fraction of sp³-hybridized carbons (Fsp3) is 0.214. The summed E-state index contributed by atoms with van der Waals surface area (Å²) >= 11 is 1.30. The maximum Gasteiger partial charge on any atom is 0.275 e. The molecule has 0 fully saturated rings. The molecule has 114 valence electrons. The number of nitrogens with one attached hydrogen (secondary N) is 1. The second kappa shape index (κ2) is 6.80. The van der Waals surface area contributed by atoms with E-state index >= 15 is 0 Å². The first-order valence-corrected chi connectivity index (χ1v) is 9.00. The molecule has 0 amide bonds. The smallest absolute Gasteiger partial charge is 0.275 e. The zero-order chi connectivity index (χ0) is 15.4. The second-order valence-electron chi connectivity index (χ2n) is 4.59. The molecule has 0 saturated heterocycles. The van der Waals surface area contributed by atoms with Gasteiger partial charge in [-0.25, -0.2) is 4.98 Å². The molecule has 0 radical (unpaired) electrons. The molecule has 0 aliphatic rings. The Morgan fingerprint density at radius 2 is 2.05 bits per heavy atom. The molecular formula is C14H14N4O2S2. The normalized spacial score (nSPS) is 12.4. The van der Waals surface area contributed by atoms with Crippen molar-refractivity contribution in [3.63, 3.8) is 0 Å². The van der Waals surface area contributed by atoms with Gasteiger partial charge in [0.05, 0.1) is 0 Å². The van der Waals surface area contributed by atoms with E-state index in [9.17, 15) is 9.00 Å². The van der Waals surface area contributed by atoms with Crippen LogP contribution < -0.4 is 10.9 Å². The summed E-state index contributed by atoms with van der Waals surface area (Å²) < 4.78 is 13.3. The fourth-order valence-electron chi connectivity index (χ4n) is 1.92. The van der Waals surface area contributed by atoms with E-state index in [0.717, 1.165) is 5.56 Å². The van der Waals surface area contributed by atoms with E-state index in [4.69, 9.17) is 0 Å². The topological polar surface area (TPSA) is 76.4 Å². The Labute approximate surface area is 133 Å². The average Bonchev–Trinajstić information content (AvgIpc) is 2.93. The highest BCUT2D eigenvalue weighted by Crippen LogP contribution is 2.15. The van der Waals surface area contributed by atoms with Gasteiger partial charge in [0, 0.05) is 41.1 Å². The van der Waals surface area contributed by atoms with E-state index in [-0.39, 0.29) is 5.56 Å². The number of fused-ring (bicyclic) bond motifs is 1. The number of aromatic nitrogens is 3. The largest absolute Gasteiger partial charge is 0.359 e. The van der Waals surface area contributed by atoms with Crippen LogP contribution in [0.3, 0.4) is 0 Å². The number of hydrogen-bond acceptors (Lipinski definition) is 6. The van der Waals surface area contributed by atoms with Gasteiger partial charge in [0.2, 0.25) is 10.1 Å². The molecule has 22 heavy (non-hydrogen) atoms. The molecule has 2 heterocycles. The minimum atomic E-state index is -0.937. The minimum Gasteiger partial charge on any atom is -0.359 e. The van der Waals surface area contributed by atoms with Gasteiger partial charge in [0.15, 0.2) is 0 Å². The summed E-state index contributed by atoms with van der Waals surface area (Å²) in [6, 6.07) is 11.1. The second-order valence-corrected chi connectivity index (χ2v) is 7.12. The van der Waals surface area contributed by atoms with Crippen molar-refractivity contribution in [1.29, 1.82) is 0 Å². The number of benzene rings is 1. The van der Waals surface area contributed by atoms with Gasteiger partial charge in [0.1, 0.15) is 0 Å². The number of anilines is 1. The highest BCUT2D eigenvalue weighted by atomic mass is 32.2. The summed E-state index contributed by atoms with van der Waals surface area (Å²) in [6.07, 6.45) is 1.47. The lowest BCUT2D eigenvalue weighted by molar-refractivity contribution is 0.682. The quantitative estimate of drug-likeness (QED) is 0.739. The molecule has 1 aromatic carbocycles. The van der Waals surface area contributed by atoms with Gasteiger partial charge in [-0.15, -0.1) is 5.10 Å². The molecule has 1 atom stereocenters. The number of hydrogen-bond donors (Lipinski definition) is 1. The van der Waals surface area contributed by atoms with Crippen molar-refractivity contribution in [3.8, 4) is 0 Å². The molecule has 0 aliphatic carbocycles. The van der Waals surface area contributed by atoms with Crippen molar-refractivity contribution in [2.24, 2.45) is 0 Å². The van der Waals surface area contributed by atoms with Crippen molar-refractivity contribution in [2.45, 2.75) is 5.75 Å². The molecule has 8 heteroatoms. The Bertz CT molecular complexity index is 845. The zero-order valence-electron chi connectivity index (χ0n) is 11.6. The van der Waals surface area contributed by atoms with E-state index in [1.54, 1.807) is 0 Å². The van der Waals surface area contributed by atoms with E-state index in [1.807, 2.05) is 30.3 Å². The van der Waals surface area contributed by atoms with Gasteiger partial charge < -0.3 is 5.32 Å². The van der Waals surface area contributed by atoms with Crippen LogP contribution in [0.1, 0.15) is 5.56 Å². The highest BCUT2D eigenvalue weighted by Gasteiger charge is 2.06. The first kappa shape index (κ1) is 14.9. The van der Waals surface area contributed by atoms with Crippen molar-refractivity contribution in [2.75, 3.05) is 17.6 Å². The molecule has 0 spiro atoms. The zero-order valence-corrected chi connectivity index (χ0v) is 13.3. The van der Waals surface area contributed by atoms with Crippen molar-refractivity contribution < 1.29 is 4.21 Å².